The van der Waals surface area contributed by atoms with Gasteiger partial charge in [-0.1, -0.05) is 50.1 Å². The van der Waals surface area contributed by atoms with E-state index in [0.29, 0.717) is 29.9 Å². The molecule has 4 rings (SSSR count). The maximum absolute atomic E-state index is 14.7. The molecule has 2 fully saturated rings. The van der Waals surface area contributed by atoms with Crippen molar-refractivity contribution >= 4 is 0 Å². The summed E-state index contributed by atoms with van der Waals surface area (Å²) in [5, 5.41) is 0. The van der Waals surface area contributed by atoms with E-state index < -0.39 is 11.6 Å². The van der Waals surface area contributed by atoms with Crippen molar-refractivity contribution in [3.05, 3.63) is 53.6 Å². The van der Waals surface area contributed by atoms with Gasteiger partial charge in [-0.25, -0.2) is 4.39 Å². The number of ether oxygens (including phenoxy) is 1. The third-order valence-corrected chi connectivity index (χ3v) is 8.85. The van der Waals surface area contributed by atoms with Crippen molar-refractivity contribution in [1.82, 2.24) is 0 Å². The molecule has 3 aliphatic rings. The molecule has 0 N–H and O–H groups in total. The fourth-order valence-corrected chi connectivity index (χ4v) is 6.78. The largest absolute Gasteiger partial charge is 0.491 e. The lowest BCUT2D eigenvalue weighted by Gasteiger charge is -2.35. The normalized spacial score (nSPS) is 32.2. The Kier molecular flexibility index (Phi) is 9.25. The Bertz CT molecular complexity index is 828. The molecule has 1 aromatic rings. The van der Waals surface area contributed by atoms with Crippen molar-refractivity contribution in [3.63, 3.8) is 0 Å². The summed E-state index contributed by atoms with van der Waals surface area (Å²) in [6.07, 6.45) is 24.9. The Morgan fingerprint density at radius 1 is 0.824 bits per heavy atom. The molecule has 2 unspecified atom stereocenters. The summed E-state index contributed by atoms with van der Waals surface area (Å²) in [7, 11) is 0. The number of hydrogen-bond acceptors (Lipinski definition) is 1. The molecule has 34 heavy (non-hydrogen) atoms. The first kappa shape index (κ1) is 25.5. The molecule has 0 aliphatic heterocycles. The van der Waals surface area contributed by atoms with E-state index in [1.807, 2.05) is 0 Å². The van der Waals surface area contributed by atoms with Crippen LogP contribution in [0.4, 0.5) is 8.78 Å². The van der Waals surface area contributed by atoms with E-state index in [9.17, 15) is 8.78 Å². The van der Waals surface area contributed by atoms with Gasteiger partial charge < -0.3 is 4.74 Å². The lowest BCUT2D eigenvalue weighted by atomic mass is 9.70. The van der Waals surface area contributed by atoms with Crippen LogP contribution in [0.1, 0.15) is 102 Å². The van der Waals surface area contributed by atoms with Gasteiger partial charge in [0.25, 0.3) is 0 Å². The molecule has 0 saturated heterocycles. The van der Waals surface area contributed by atoms with E-state index in [0.717, 1.165) is 37.5 Å². The number of halogens is 2. The second-order valence-corrected chi connectivity index (χ2v) is 11.1. The third kappa shape index (κ3) is 6.32. The van der Waals surface area contributed by atoms with Crippen LogP contribution in [0, 0.1) is 41.2 Å². The average Bonchev–Trinajstić information content (AvgIpc) is 2.87. The number of benzene rings is 1. The molecule has 1 nitrogen and oxygen atoms in total. The summed E-state index contributed by atoms with van der Waals surface area (Å²) in [6, 6.07) is 3.33. The third-order valence-electron chi connectivity index (χ3n) is 8.85. The van der Waals surface area contributed by atoms with Gasteiger partial charge in [0.15, 0.2) is 11.6 Å². The second-order valence-electron chi connectivity index (χ2n) is 11.1. The van der Waals surface area contributed by atoms with E-state index in [4.69, 9.17) is 4.74 Å². The topological polar surface area (TPSA) is 9.23 Å². The Balaban J connectivity index is 1.24. The summed E-state index contributed by atoms with van der Waals surface area (Å²) < 4.78 is 34.2. The SMILES string of the molecule is CCCC1CCC(/C=C/C2C=CC(C3CCC(c4ccc(OCC)c(F)c4F)CC3)CC2)CC1. The lowest BCUT2D eigenvalue weighted by Crippen LogP contribution is -2.23. The maximum Gasteiger partial charge on any atom is 0.200 e. The van der Waals surface area contributed by atoms with Crippen molar-refractivity contribution in [3.8, 4) is 5.75 Å². The molecule has 0 aromatic heterocycles. The van der Waals surface area contributed by atoms with Crippen molar-refractivity contribution in [2.24, 2.45) is 29.6 Å². The van der Waals surface area contributed by atoms with E-state index in [1.165, 1.54) is 51.4 Å². The monoisotopic (exact) mass is 470 g/mol. The summed E-state index contributed by atoms with van der Waals surface area (Å²) in [5.74, 6) is 2.31. The van der Waals surface area contributed by atoms with Gasteiger partial charge in [0.05, 0.1) is 6.61 Å². The van der Waals surface area contributed by atoms with Gasteiger partial charge in [-0.05, 0) is 118 Å². The van der Waals surface area contributed by atoms with Gasteiger partial charge in [0.2, 0.25) is 5.82 Å². The minimum absolute atomic E-state index is 0.0255. The predicted molar refractivity (Wildman–Crippen MR) is 137 cm³/mol. The zero-order valence-corrected chi connectivity index (χ0v) is 21.3. The smallest absolute Gasteiger partial charge is 0.200 e. The van der Waals surface area contributed by atoms with E-state index in [-0.39, 0.29) is 11.7 Å². The van der Waals surface area contributed by atoms with E-state index in [1.54, 1.807) is 19.1 Å². The average molecular weight is 471 g/mol. The van der Waals surface area contributed by atoms with Crippen LogP contribution in [-0.2, 0) is 0 Å². The number of allylic oxidation sites excluding steroid dienone is 4. The standard InChI is InChI=1S/C31H44F2O/c1-3-5-22-6-8-23(9-7-22)10-11-24-12-14-25(15-13-24)26-16-18-27(19-17-26)28-20-21-29(34-4-2)31(33)30(28)32/h10-12,14,20-27H,3-9,13,15-19H2,1-2H3/b11-10+. The molecular weight excluding hydrogens is 426 g/mol. The molecule has 0 bridgehead atoms. The highest BCUT2D eigenvalue weighted by Crippen LogP contribution is 2.43. The van der Waals surface area contributed by atoms with E-state index >= 15 is 0 Å². The van der Waals surface area contributed by atoms with Crippen molar-refractivity contribution < 1.29 is 13.5 Å². The molecule has 188 valence electrons. The van der Waals surface area contributed by atoms with Crippen molar-refractivity contribution in [1.29, 1.82) is 0 Å². The molecular formula is C31H44F2O. The zero-order chi connectivity index (χ0) is 23.9. The van der Waals surface area contributed by atoms with Crippen LogP contribution >= 0.6 is 0 Å². The van der Waals surface area contributed by atoms with Crippen LogP contribution in [0.25, 0.3) is 0 Å². The first-order chi connectivity index (χ1) is 16.6. The van der Waals surface area contributed by atoms with Gasteiger partial charge in [0, 0.05) is 0 Å². The van der Waals surface area contributed by atoms with Crippen LogP contribution in [0.3, 0.4) is 0 Å². The maximum atomic E-state index is 14.7. The Morgan fingerprint density at radius 3 is 2.24 bits per heavy atom. The molecule has 0 amide bonds. The molecule has 2 saturated carbocycles. The van der Waals surface area contributed by atoms with Crippen LogP contribution < -0.4 is 4.74 Å². The molecule has 2 atom stereocenters. The van der Waals surface area contributed by atoms with Gasteiger partial charge >= 0.3 is 0 Å². The zero-order valence-electron chi connectivity index (χ0n) is 21.3. The van der Waals surface area contributed by atoms with Crippen molar-refractivity contribution in [2.45, 2.75) is 96.8 Å². The van der Waals surface area contributed by atoms with E-state index in [2.05, 4.69) is 31.2 Å². The van der Waals surface area contributed by atoms with Crippen LogP contribution in [0.2, 0.25) is 0 Å². The van der Waals surface area contributed by atoms with Crippen LogP contribution in [-0.4, -0.2) is 6.61 Å². The first-order valence-corrected chi connectivity index (χ1v) is 14.1. The highest BCUT2D eigenvalue weighted by atomic mass is 19.2. The van der Waals surface area contributed by atoms with Crippen molar-refractivity contribution in [2.75, 3.05) is 6.61 Å². The molecule has 3 heteroatoms. The highest BCUT2D eigenvalue weighted by Gasteiger charge is 2.31. The minimum Gasteiger partial charge on any atom is -0.491 e. The van der Waals surface area contributed by atoms with Gasteiger partial charge in [-0.15, -0.1) is 0 Å². The van der Waals surface area contributed by atoms with Crippen LogP contribution in [0.15, 0.2) is 36.4 Å². The molecule has 0 spiro atoms. The highest BCUT2D eigenvalue weighted by molar-refractivity contribution is 5.33. The summed E-state index contributed by atoms with van der Waals surface area (Å²) >= 11 is 0. The first-order valence-electron chi connectivity index (χ1n) is 14.1. The Morgan fingerprint density at radius 2 is 1.59 bits per heavy atom. The number of hydrogen-bond donors (Lipinski definition) is 0. The lowest BCUT2D eigenvalue weighted by molar-refractivity contribution is 0.241. The molecule has 0 radical (unpaired) electrons. The quantitative estimate of drug-likeness (QED) is 0.344. The van der Waals surface area contributed by atoms with Gasteiger partial charge in [0.1, 0.15) is 0 Å². The summed E-state index contributed by atoms with van der Waals surface area (Å²) in [4.78, 5) is 0. The Labute approximate surface area is 206 Å². The molecule has 0 heterocycles. The predicted octanol–water partition coefficient (Wildman–Crippen LogP) is 9.38. The fourth-order valence-electron chi connectivity index (χ4n) is 6.78. The van der Waals surface area contributed by atoms with Gasteiger partial charge in [-0.2, -0.15) is 4.39 Å². The second kappa shape index (κ2) is 12.4. The molecule has 1 aromatic carbocycles. The number of rotatable bonds is 8. The summed E-state index contributed by atoms with van der Waals surface area (Å²) in [6.45, 7) is 4.43. The fraction of sp³-hybridized carbons (Fsp3) is 0.677. The summed E-state index contributed by atoms with van der Waals surface area (Å²) in [5.41, 5.74) is 0.535. The minimum atomic E-state index is -0.829. The molecule has 3 aliphatic carbocycles. The Hall–Kier alpha value is -1.64. The van der Waals surface area contributed by atoms with Crippen LogP contribution in [0.5, 0.6) is 5.75 Å². The van der Waals surface area contributed by atoms with Gasteiger partial charge in [-0.3, -0.25) is 0 Å².